The standard InChI is InChI=1S/C11H11BrO5/c1-3-17-9-5-6(10(13)14)8(12)4-7(9)11(15)16-2/h4-5H,3H2,1-2H3,(H,13,14). The van der Waals surface area contributed by atoms with Gasteiger partial charge in [-0.25, -0.2) is 9.59 Å². The van der Waals surface area contributed by atoms with Crippen LogP contribution < -0.4 is 4.74 Å². The summed E-state index contributed by atoms with van der Waals surface area (Å²) in [6, 6.07) is 2.67. The van der Waals surface area contributed by atoms with E-state index >= 15 is 0 Å². The Bertz CT molecular complexity index is 455. The highest BCUT2D eigenvalue weighted by Gasteiger charge is 2.19. The number of hydrogen-bond acceptors (Lipinski definition) is 4. The first-order valence-electron chi connectivity index (χ1n) is 4.79. The van der Waals surface area contributed by atoms with Crippen LogP contribution in [0.25, 0.3) is 0 Å². The third-order valence-electron chi connectivity index (χ3n) is 2.00. The summed E-state index contributed by atoms with van der Waals surface area (Å²) in [5.74, 6) is -1.49. The molecule has 0 saturated heterocycles. The van der Waals surface area contributed by atoms with Gasteiger partial charge in [-0.3, -0.25) is 0 Å². The predicted octanol–water partition coefficient (Wildman–Crippen LogP) is 2.33. The fraction of sp³-hybridized carbons (Fsp3) is 0.273. The third-order valence-corrected chi connectivity index (χ3v) is 2.66. The maximum Gasteiger partial charge on any atom is 0.341 e. The Labute approximate surface area is 106 Å². The van der Waals surface area contributed by atoms with Crippen molar-refractivity contribution in [2.24, 2.45) is 0 Å². The number of ether oxygens (including phenoxy) is 2. The molecular weight excluding hydrogens is 292 g/mol. The van der Waals surface area contributed by atoms with E-state index in [4.69, 9.17) is 9.84 Å². The molecule has 0 radical (unpaired) electrons. The lowest BCUT2D eigenvalue weighted by molar-refractivity contribution is 0.0593. The first-order chi connectivity index (χ1) is 8.01. The van der Waals surface area contributed by atoms with Crippen molar-refractivity contribution in [2.75, 3.05) is 13.7 Å². The van der Waals surface area contributed by atoms with Gasteiger partial charge in [0.15, 0.2) is 0 Å². The molecule has 1 aromatic rings. The van der Waals surface area contributed by atoms with Gasteiger partial charge in [-0.1, -0.05) is 0 Å². The van der Waals surface area contributed by atoms with Crippen molar-refractivity contribution in [1.29, 1.82) is 0 Å². The molecule has 0 saturated carbocycles. The minimum absolute atomic E-state index is 0.0288. The molecule has 6 heteroatoms. The van der Waals surface area contributed by atoms with E-state index < -0.39 is 11.9 Å². The second-order valence-corrected chi connectivity index (χ2v) is 3.91. The molecule has 1 rings (SSSR count). The lowest BCUT2D eigenvalue weighted by Crippen LogP contribution is -2.08. The van der Waals surface area contributed by atoms with Gasteiger partial charge in [-0.05, 0) is 35.0 Å². The van der Waals surface area contributed by atoms with Crippen LogP contribution in [-0.4, -0.2) is 30.8 Å². The molecule has 0 atom stereocenters. The van der Waals surface area contributed by atoms with Gasteiger partial charge in [0.1, 0.15) is 11.3 Å². The highest BCUT2D eigenvalue weighted by atomic mass is 79.9. The molecular formula is C11H11BrO5. The Kier molecular flexibility index (Phi) is 4.51. The first kappa shape index (κ1) is 13.5. The van der Waals surface area contributed by atoms with Gasteiger partial charge in [0.2, 0.25) is 0 Å². The van der Waals surface area contributed by atoms with Gasteiger partial charge in [0.25, 0.3) is 0 Å². The molecule has 0 heterocycles. The average Bonchev–Trinajstić information content (AvgIpc) is 2.29. The largest absolute Gasteiger partial charge is 0.493 e. The normalized spacial score (nSPS) is 9.82. The number of carboxylic acids is 1. The van der Waals surface area contributed by atoms with Crippen LogP contribution in [0.3, 0.4) is 0 Å². The van der Waals surface area contributed by atoms with Gasteiger partial charge >= 0.3 is 11.9 Å². The van der Waals surface area contributed by atoms with Gasteiger partial charge in [0.05, 0.1) is 19.3 Å². The smallest absolute Gasteiger partial charge is 0.341 e. The molecule has 0 aromatic heterocycles. The number of rotatable bonds is 4. The van der Waals surface area contributed by atoms with Crippen LogP contribution in [0.1, 0.15) is 27.6 Å². The maximum atomic E-state index is 11.5. The van der Waals surface area contributed by atoms with Crippen LogP contribution in [0.15, 0.2) is 16.6 Å². The van der Waals surface area contributed by atoms with Crippen LogP contribution in [0, 0.1) is 0 Å². The number of carboxylic acid groups (broad SMARTS) is 1. The lowest BCUT2D eigenvalue weighted by Gasteiger charge is -2.10. The van der Waals surface area contributed by atoms with Gasteiger partial charge < -0.3 is 14.6 Å². The molecule has 0 aliphatic carbocycles. The van der Waals surface area contributed by atoms with Gasteiger partial charge in [-0.15, -0.1) is 0 Å². The zero-order valence-electron chi connectivity index (χ0n) is 9.32. The summed E-state index contributed by atoms with van der Waals surface area (Å²) in [5, 5.41) is 8.94. The summed E-state index contributed by atoms with van der Waals surface area (Å²) in [4.78, 5) is 22.4. The van der Waals surface area contributed by atoms with Crippen LogP contribution >= 0.6 is 15.9 Å². The second-order valence-electron chi connectivity index (χ2n) is 3.06. The van der Waals surface area contributed by atoms with E-state index in [-0.39, 0.29) is 16.9 Å². The van der Waals surface area contributed by atoms with E-state index in [1.807, 2.05) is 0 Å². The molecule has 0 spiro atoms. The van der Waals surface area contributed by atoms with E-state index in [2.05, 4.69) is 20.7 Å². The van der Waals surface area contributed by atoms with Crippen LogP contribution in [0.5, 0.6) is 5.75 Å². The maximum absolute atomic E-state index is 11.5. The minimum Gasteiger partial charge on any atom is -0.493 e. The fourth-order valence-corrected chi connectivity index (χ4v) is 1.77. The number of halogens is 1. The molecule has 0 bridgehead atoms. The number of methoxy groups -OCH3 is 1. The third kappa shape index (κ3) is 2.97. The SMILES string of the molecule is CCOc1cc(C(=O)O)c(Br)cc1C(=O)OC. The zero-order chi connectivity index (χ0) is 13.0. The second kappa shape index (κ2) is 5.67. The van der Waals surface area contributed by atoms with E-state index in [0.29, 0.717) is 11.1 Å². The van der Waals surface area contributed by atoms with E-state index in [1.165, 1.54) is 19.2 Å². The molecule has 0 aliphatic rings. The summed E-state index contributed by atoms with van der Waals surface area (Å²) in [7, 11) is 1.25. The number of esters is 1. The minimum atomic E-state index is -1.10. The summed E-state index contributed by atoms with van der Waals surface area (Å²) >= 11 is 3.09. The van der Waals surface area contributed by atoms with Crippen molar-refractivity contribution in [2.45, 2.75) is 6.92 Å². The van der Waals surface area contributed by atoms with Crippen molar-refractivity contribution in [3.63, 3.8) is 0 Å². The lowest BCUT2D eigenvalue weighted by atomic mass is 10.1. The monoisotopic (exact) mass is 302 g/mol. The van der Waals surface area contributed by atoms with Crippen molar-refractivity contribution in [3.05, 3.63) is 27.7 Å². The number of carbonyl (C=O) groups is 2. The van der Waals surface area contributed by atoms with Crippen molar-refractivity contribution in [3.8, 4) is 5.75 Å². The Morgan fingerprint density at radius 2 is 2.00 bits per heavy atom. The Hall–Kier alpha value is -1.56. The summed E-state index contributed by atoms with van der Waals surface area (Å²) in [6.07, 6.45) is 0. The van der Waals surface area contributed by atoms with Crippen molar-refractivity contribution in [1.82, 2.24) is 0 Å². The molecule has 0 aliphatic heterocycles. The van der Waals surface area contributed by atoms with Gasteiger partial charge in [-0.2, -0.15) is 0 Å². The summed E-state index contributed by atoms with van der Waals surface area (Å²) < 4.78 is 10.1. The quantitative estimate of drug-likeness (QED) is 0.864. The number of benzene rings is 1. The van der Waals surface area contributed by atoms with E-state index in [1.54, 1.807) is 6.92 Å². The van der Waals surface area contributed by atoms with Gasteiger partial charge in [0, 0.05) is 4.47 Å². The summed E-state index contributed by atoms with van der Waals surface area (Å²) in [6.45, 7) is 2.06. The predicted molar refractivity (Wildman–Crippen MR) is 63.6 cm³/mol. The molecule has 92 valence electrons. The topological polar surface area (TPSA) is 72.8 Å². The molecule has 5 nitrogen and oxygen atoms in total. The van der Waals surface area contributed by atoms with E-state index in [9.17, 15) is 9.59 Å². The van der Waals surface area contributed by atoms with Crippen LogP contribution in [0.2, 0.25) is 0 Å². The van der Waals surface area contributed by atoms with Crippen molar-refractivity contribution >= 4 is 27.9 Å². The van der Waals surface area contributed by atoms with E-state index in [0.717, 1.165) is 0 Å². The average molecular weight is 303 g/mol. The number of carbonyl (C=O) groups excluding carboxylic acids is 1. The zero-order valence-corrected chi connectivity index (χ0v) is 10.9. The molecule has 0 fully saturated rings. The highest BCUT2D eigenvalue weighted by Crippen LogP contribution is 2.28. The number of aromatic carboxylic acids is 1. The molecule has 0 unspecified atom stereocenters. The van der Waals surface area contributed by atoms with Crippen LogP contribution in [-0.2, 0) is 4.74 Å². The fourth-order valence-electron chi connectivity index (χ4n) is 1.26. The number of hydrogen-bond donors (Lipinski definition) is 1. The van der Waals surface area contributed by atoms with Crippen molar-refractivity contribution < 1.29 is 24.2 Å². The molecule has 1 aromatic carbocycles. The molecule has 0 amide bonds. The molecule has 1 N–H and O–H groups in total. The first-order valence-corrected chi connectivity index (χ1v) is 5.58. The Morgan fingerprint density at radius 3 is 2.47 bits per heavy atom. The van der Waals surface area contributed by atoms with Crippen LogP contribution in [0.4, 0.5) is 0 Å². The molecule has 17 heavy (non-hydrogen) atoms. The highest BCUT2D eigenvalue weighted by molar-refractivity contribution is 9.10. The Balaban J connectivity index is 3.35. The summed E-state index contributed by atoms with van der Waals surface area (Å²) in [5.41, 5.74) is 0.215. The Morgan fingerprint density at radius 1 is 1.35 bits per heavy atom.